The van der Waals surface area contributed by atoms with Gasteiger partial charge in [0.25, 0.3) is 0 Å². The van der Waals surface area contributed by atoms with Gasteiger partial charge in [0.05, 0.1) is 12.8 Å². The van der Waals surface area contributed by atoms with E-state index in [0.717, 1.165) is 0 Å². The second-order valence-corrected chi connectivity index (χ2v) is 12.5. The van der Waals surface area contributed by atoms with E-state index < -0.39 is 72.5 Å². The first kappa shape index (κ1) is 31.1. The highest BCUT2D eigenvalue weighted by Crippen LogP contribution is 2.44. The number of rotatable bonds is 4. The van der Waals surface area contributed by atoms with Crippen LogP contribution in [0.2, 0.25) is 0 Å². The number of amides is 4. The number of fused-ring (bicyclic) bond motifs is 7. The lowest BCUT2D eigenvalue weighted by Gasteiger charge is -2.28. The van der Waals surface area contributed by atoms with Crippen LogP contribution in [-0.2, 0) is 28.7 Å². The summed E-state index contributed by atoms with van der Waals surface area (Å²) in [6.07, 6.45) is -1.20. The van der Waals surface area contributed by atoms with Gasteiger partial charge in [-0.05, 0) is 37.7 Å². The van der Waals surface area contributed by atoms with Gasteiger partial charge in [-0.25, -0.2) is 0 Å². The van der Waals surface area contributed by atoms with E-state index in [0.29, 0.717) is 25.0 Å². The van der Waals surface area contributed by atoms with Crippen LogP contribution in [0.1, 0.15) is 51.9 Å². The van der Waals surface area contributed by atoms with Crippen molar-refractivity contribution in [3.8, 4) is 0 Å². The number of carbonyl (C=O) groups excluding carboxylic acids is 5. The first-order chi connectivity index (χ1) is 18.4. The van der Waals surface area contributed by atoms with Gasteiger partial charge < -0.3 is 26.0 Å². The summed E-state index contributed by atoms with van der Waals surface area (Å²) in [4.78, 5) is 64.1. The van der Waals surface area contributed by atoms with Gasteiger partial charge in [-0.15, -0.1) is 0 Å². The van der Waals surface area contributed by atoms with E-state index in [1.54, 1.807) is 17.5 Å². The molecule has 1 saturated carbocycles. The van der Waals surface area contributed by atoms with Crippen LogP contribution in [0.4, 0.5) is 13.2 Å². The van der Waals surface area contributed by atoms with Crippen molar-refractivity contribution in [3.63, 3.8) is 0 Å². The third-order valence-electron chi connectivity index (χ3n) is 6.71. The first-order valence-electron chi connectivity index (χ1n) is 12.7. The van der Waals surface area contributed by atoms with Gasteiger partial charge in [0, 0.05) is 23.5 Å². The van der Waals surface area contributed by atoms with Crippen LogP contribution in [0, 0.1) is 5.92 Å². The molecule has 0 aromatic rings. The Labute approximate surface area is 232 Å². The molecule has 15 heteroatoms. The van der Waals surface area contributed by atoms with Crippen molar-refractivity contribution in [3.05, 3.63) is 12.2 Å². The zero-order valence-corrected chi connectivity index (χ0v) is 23.1. The van der Waals surface area contributed by atoms with E-state index >= 15 is 0 Å². The van der Waals surface area contributed by atoms with E-state index in [2.05, 4.69) is 16.0 Å². The number of hydrogen-bond acceptors (Lipinski definition) is 8. The topological polar surface area (TPSA) is 143 Å². The van der Waals surface area contributed by atoms with Crippen LogP contribution in [0.15, 0.2) is 12.2 Å². The Morgan fingerprint density at radius 1 is 1.13 bits per heavy atom. The summed E-state index contributed by atoms with van der Waals surface area (Å²) in [6.45, 7) is 0.317. The number of alkyl halides is 3. The van der Waals surface area contributed by atoms with Gasteiger partial charge in [0.1, 0.15) is 24.7 Å². The Kier molecular flexibility index (Phi) is 11.0. The molecule has 4 N–H and O–H groups in total. The molecule has 1 unspecified atom stereocenters. The second-order valence-electron chi connectivity index (χ2n) is 9.92. The minimum atomic E-state index is -4.60. The van der Waals surface area contributed by atoms with Crippen LogP contribution in [0.5, 0.6) is 0 Å². The third-order valence-corrected chi connectivity index (χ3v) is 9.16. The molecule has 3 aliphatic rings. The van der Waals surface area contributed by atoms with Crippen LogP contribution in [-0.4, -0.2) is 77.6 Å². The average molecular weight is 595 g/mol. The molecule has 3 rings (SSSR count). The Morgan fingerprint density at radius 3 is 2.56 bits per heavy atom. The lowest BCUT2D eigenvalue weighted by Crippen LogP contribution is -2.57. The summed E-state index contributed by atoms with van der Waals surface area (Å²) in [6, 6.07) is -2.30. The molecule has 10 nitrogen and oxygen atoms in total. The first-order valence-corrected chi connectivity index (χ1v) is 15.2. The highest BCUT2D eigenvalue weighted by molar-refractivity contribution is 8.76. The van der Waals surface area contributed by atoms with Gasteiger partial charge in [-0.3, -0.25) is 24.0 Å². The average Bonchev–Trinajstić information content (AvgIpc) is 3.62. The molecule has 2 fully saturated rings. The monoisotopic (exact) mass is 594 g/mol. The Balaban J connectivity index is 1.86. The van der Waals surface area contributed by atoms with Crippen molar-refractivity contribution >= 4 is 51.2 Å². The highest BCUT2D eigenvalue weighted by Gasteiger charge is 2.50. The van der Waals surface area contributed by atoms with E-state index in [-0.39, 0.29) is 30.9 Å². The number of allylic oxidation sites excluding steroid dienone is 1. The van der Waals surface area contributed by atoms with Crippen molar-refractivity contribution in [2.75, 3.05) is 18.1 Å². The molecule has 2 heterocycles. The largest absolute Gasteiger partial charge is 0.458 e. The maximum Gasteiger partial charge on any atom is 0.405 e. The predicted octanol–water partition coefficient (Wildman–Crippen LogP) is 1.75. The highest BCUT2D eigenvalue weighted by atomic mass is 33.1. The molecule has 0 aromatic carbocycles. The zero-order chi connectivity index (χ0) is 28.6. The van der Waals surface area contributed by atoms with Gasteiger partial charge >= 0.3 is 12.1 Å². The van der Waals surface area contributed by atoms with E-state index in [9.17, 15) is 37.1 Å². The van der Waals surface area contributed by atoms with Crippen molar-refractivity contribution in [2.45, 2.75) is 81.8 Å². The maximum absolute atomic E-state index is 13.3. The molecular weight excluding hydrogens is 561 g/mol. The second kappa shape index (κ2) is 13.8. The summed E-state index contributed by atoms with van der Waals surface area (Å²) < 4.78 is 42.9. The fraction of sp³-hybridized carbons (Fsp3) is 0.708. The van der Waals surface area contributed by atoms with Gasteiger partial charge in [-0.1, -0.05) is 34.6 Å². The van der Waals surface area contributed by atoms with Gasteiger partial charge in [0.2, 0.25) is 23.6 Å². The van der Waals surface area contributed by atoms with Crippen LogP contribution in [0.25, 0.3) is 0 Å². The van der Waals surface area contributed by atoms with E-state index in [4.69, 9.17) is 4.74 Å². The number of halogens is 3. The molecule has 39 heavy (non-hydrogen) atoms. The van der Waals surface area contributed by atoms with Crippen molar-refractivity contribution in [1.82, 2.24) is 21.3 Å². The number of nitrogens with one attached hydrogen (secondary N) is 4. The fourth-order valence-electron chi connectivity index (χ4n) is 4.28. The molecule has 0 radical (unpaired) electrons. The molecule has 0 aromatic heterocycles. The molecule has 4 atom stereocenters. The minimum absolute atomic E-state index is 0.0313. The van der Waals surface area contributed by atoms with Crippen LogP contribution >= 0.6 is 21.6 Å². The zero-order valence-electron chi connectivity index (χ0n) is 21.4. The van der Waals surface area contributed by atoms with Crippen LogP contribution < -0.4 is 21.3 Å². The van der Waals surface area contributed by atoms with Crippen molar-refractivity contribution in [1.29, 1.82) is 0 Å². The number of esters is 1. The van der Waals surface area contributed by atoms with E-state index in [1.807, 2.05) is 6.92 Å². The van der Waals surface area contributed by atoms with Crippen LogP contribution in [0.3, 0.4) is 0 Å². The predicted molar refractivity (Wildman–Crippen MR) is 139 cm³/mol. The Bertz CT molecular complexity index is 976. The van der Waals surface area contributed by atoms with Gasteiger partial charge in [0.15, 0.2) is 0 Å². The summed E-state index contributed by atoms with van der Waals surface area (Å²) in [5.41, 5.74) is -0.608. The quantitative estimate of drug-likeness (QED) is 0.219. The molecule has 2 bridgehead atoms. The van der Waals surface area contributed by atoms with Gasteiger partial charge in [-0.2, -0.15) is 13.2 Å². The summed E-state index contributed by atoms with van der Waals surface area (Å²) in [5.74, 6) is -2.67. The molecule has 218 valence electrons. The molecule has 1 spiro atoms. The lowest BCUT2D eigenvalue weighted by molar-refractivity contribution is -0.149. The van der Waals surface area contributed by atoms with Crippen molar-refractivity contribution in [2.24, 2.45) is 5.92 Å². The minimum Gasteiger partial charge on any atom is -0.458 e. The third kappa shape index (κ3) is 10.2. The molecular formula is C24H33F3N4O6S2. The van der Waals surface area contributed by atoms with Crippen molar-refractivity contribution < 1.29 is 41.9 Å². The normalized spacial score (nSPS) is 28.6. The summed E-state index contributed by atoms with van der Waals surface area (Å²) in [5, 5.41) is 9.87. The lowest BCUT2D eigenvalue weighted by atomic mass is 9.95. The number of hydrogen-bond donors (Lipinski definition) is 4. The summed E-state index contributed by atoms with van der Waals surface area (Å²) >= 11 is 0. The smallest absolute Gasteiger partial charge is 0.405 e. The number of ether oxygens (including phenoxy) is 1. The fourth-order valence-corrected chi connectivity index (χ4v) is 6.44. The molecule has 4 amide bonds. The molecule has 2 aliphatic heterocycles. The SMILES string of the molecule is CC1CC(=O)O[C@@H]2C=CCCSSC[C@@H](NC(=O)[C@@H](CCC(=O)NCC(F)(F)F)NC(=O)C2)C(=O)NC12CC2. The summed E-state index contributed by atoms with van der Waals surface area (Å²) in [7, 11) is 2.88. The maximum atomic E-state index is 13.3. The van der Waals surface area contributed by atoms with E-state index in [1.165, 1.54) is 21.6 Å². The Hall–Kier alpha value is -2.42. The molecule has 1 saturated heterocycles. The standard InChI is InChI=1S/C24H33F3N4O6S2/c1-14-10-20(34)37-15-4-2-3-9-38-39-12-17(22(36)31-23(14)7-8-23)30-21(35)16(29-19(33)11-15)5-6-18(32)28-13-24(25,26)27/h2,4,14-17H,3,5-13H2,1H3,(H,28,32)(H,29,33)(H,30,35)(H,31,36)/t14?,15-,16-,17-/m1/s1. The molecule has 1 aliphatic carbocycles. The number of carbonyl (C=O) groups is 5. The Morgan fingerprint density at radius 2 is 1.87 bits per heavy atom.